The maximum atomic E-state index is 5.88. The fourth-order valence-corrected chi connectivity index (χ4v) is 2.14. The Morgan fingerprint density at radius 2 is 2.38 bits per heavy atom. The number of rotatable bonds is 0. The molecule has 1 unspecified atom stereocenters. The molecule has 1 heterocycles. The van der Waals surface area contributed by atoms with Gasteiger partial charge in [-0.2, -0.15) is 0 Å². The second-order valence-electron chi connectivity index (χ2n) is 4.03. The average Bonchev–Trinajstić information content (AvgIpc) is 2.28. The topological polar surface area (TPSA) is 38.4 Å². The van der Waals surface area contributed by atoms with E-state index in [0.29, 0.717) is 0 Å². The van der Waals surface area contributed by atoms with Crippen molar-refractivity contribution in [2.75, 3.05) is 0 Å². The Hall–Kier alpha value is -1.05. The van der Waals surface area contributed by atoms with E-state index in [4.69, 9.17) is 5.73 Å². The molecule has 0 spiro atoms. The summed E-state index contributed by atoms with van der Waals surface area (Å²) in [6.07, 6.45) is 8.56. The lowest BCUT2D eigenvalue weighted by molar-refractivity contribution is 0.498. The van der Waals surface area contributed by atoms with E-state index in [-0.39, 0.29) is 0 Å². The van der Waals surface area contributed by atoms with E-state index in [1.165, 1.54) is 24.0 Å². The molecule has 0 bridgehead atoms. The predicted molar refractivity (Wildman–Crippen MR) is 55.4 cm³/mol. The van der Waals surface area contributed by atoms with Gasteiger partial charge in [0.05, 0.1) is 0 Å². The lowest BCUT2D eigenvalue weighted by Gasteiger charge is -2.23. The van der Waals surface area contributed by atoms with Crippen LogP contribution >= 0.6 is 0 Å². The van der Waals surface area contributed by atoms with Gasteiger partial charge in [0.1, 0.15) is 5.84 Å². The zero-order valence-corrected chi connectivity index (χ0v) is 8.09. The molecule has 2 rings (SSSR count). The predicted octanol–water partition coefficient (Wildman–Crippen LogP) is 2.38. The Morgan fingerprint density at radius 3 is 3.23 bits per heavy atom. The van der Waals surface area contributed by atoms with Gasteiger partial charge in [0.25, 0.3) is 0 Å². The summed E-state index contributed by atoms with van der Waals surface area (Å²) in [6.45, 7) is 2.31. The molecular weight excluding hydrogens is 160 g/mol. The van der Waals surface area contributed by atoms with Gasteiger partial charge >= 0.3 is 0 Å². The van der Waals surface area contributed by atoms with Crippen molar-refractivity contribution in [2.45, 2.75) is 32.6 Å². The lowest BCUT2D eigenvalue weighted by Crippen LogP contribution is -2.20. The summed E-state index contributed by atoms with van der Waals surface area (Å²) in [6, 6.07) is 0. The number of hydrogen-bond acceptors (Lipinski definition) is 2. The Kier molecular flexibility index (Phi) is 2.21. The second kappa shape index (κ2) is 3.36. The summed E-state index contributed by atoms with van der Waals surface area (Å²) in [4.78, 5) is 4.19. The van der Waals surface area contributed by atoms with Crippen molar-refractivity contribution in [1.82, 2.24) is 0 Å². The van der Waals surface area contributed by atoms with Crippen LogP contribution in [-0.4, -0.2) is 5.84 Å². The van der Waals surface area contributed by atoms with Crippen molar-refractivity contribution in [1.29, 1.82) is 0 Å². The van der Waals surface area contributed by atoms with Crippen LogP contribution in [0, 0.1) is 5.92 Å². The largest absolute Gasteiger partial charge is 0.383 e. The Bertz CT molecular complexity index is 297. The van der Waals surface area contributed by atoms with E-state index in [0.717, 1.165) is 24.6 Å². The molecule has 0 aromatic carbocycles. The molecular formula is C11H16N2. The van der Waals surface area contributed by atoms with Crippen LogP contribution in [0.5, 0.6) is 0 Å². The lowest BCUT2D eigenvalue weighted by atomic mass is 9.83. The first-order valence-electron chi connectivity index (χ1n) is 4.97. The molecule has 70 valence electrons. The van der Waals surface area contributed by atoms with Gasteiger partial charge in [0.15, 0.2) is 0 Å². The molecule has 1 aliphatic heterocycles. The van der Waals surface area contributed by atoms with Gasteiger partial charge in [0, 0.05) is 6.20 Å². The highest BCUT2D eigenvalue weighted by Crippen LogP contribution is 2.32. The standard InChI is InChI=1S/C11H16N2/c1-8-4-5-10-9(7-8)3-2-6-13-11(10)12/h2,6,8H,3-5,7H2,1H3,(H2,12,13). The Morgan fingerprint density at radius 1 is 1.54 bits per heavy atom. The quantitative estimate of drug-likeness (QED) is 0.604. The fourth-order valence-electron chi connectivity index (χ4n) is 2.14. The first-order chi connectivity index (χ1) is 6.27. The van der Waals surface area contributed by atoms with Gasteiger partial charge in [-0.1, -0.05) is 18.6 Å². The van der Waals surface area contributed by atoms with E-state index in [1.54, 1.807) is 0 Å². The Balaban J connectivity index is 2.32. The van der Waals surface area contributed by atoms with E-state index >= 15 is 0 Å². The minimum absolute atomic E-state index is 0.746. The van der Waals surface area contributed by atoms with Crippen molar-refractivity contribution in [3.8, 4) is 0 Å². The summed E-state index contributed by atoms with van der Waals surface area (Å²) in [7, 11) is 0. The number of amidine groups is 1. The molecule has 0 aromatic heterocycles. The molecule has 1 aliphatic carbocycles. The molecule has 2 nitrogen and oxygen atoms in total. The minimum atomic E-state index is 0.746. The van der Waals surface area contributed by atoms with Crippen molar-refractivity contribution >= 4 is 5.84 Å². The number of aliphatic imine (C=N–C) groups is 1. The molecule has 0 amide bonds. The van der Waals surface area contributed by atoms with Crippen LogP contribution in [0.25, 0.3) is 0 Å². The van der Waals surface area contributed by atoms with Crippen molar-refractivity contribution in [2.24, 2.45) is 16.6 Å². The molecule has 13 heavy (non-hydrogen) atoms. The van der Waals surface area contributed by atoms with Crippen molar-refractivity contribution < 1.29 is 0 Å². The molecule has 2 N–H and O–H groups in total. The van der Waals surface area contributed by atoms with Crippen LogP contribution in [0.4, 0.5) is 0 Å². The molecule has 0 fully saturated rings. The molecule has 0 saturated heterocycles. The summed E-state index contributed by atoms with van der Waals surface area (Å²) in [5, 5.41) is 0. The molecule has 0 saturated carbocycles. The fraction of sp³-hybridized carbons (Fsp3) is 0.545. The van der Waals surface area contributed by atoms with Crippen LogP contribution in [0.15, 0.2) is 28.4 Å². The first kappa shape index (κ1) is 8.54. The first-order valence-corrected chi connectivity index (χ1v) is 4.97. The third kappa shape index (κ3) is 1.67. The van der Waals surface area contributed by atoms with Gasteiger partial charge in [-0.15, -0.1) is 0 Å². The number of nitrogens with two attached hydrogens (primary N) is 1. The summed E-state index contributed by atoms with van der Waals surface area (Å²) in [5.74, 6) is 1.56. The Labute approximate surface area is 79.2 Å². The third-order valence-corrected chi connectivity index (χ3v) is 2.90. The second-order valence-corrected chi connectivity index (χ2v) is 4.03. The van der Waals surface area contributed by atoms with Crippen LogP contribution in [0.3, 0.4) is 0 Å². The zero-order chi connectivity index (χ0) is 9.26. The summed E-state index contributed by atoms with van der Waals surface area (Å²) in [5.41, 5.74) is 8.71. The van der Waals surface area contributed by atoms with E-state index < -0.39 is 0 Å². The summed E-state index contributed by atoms with van der Waals surface area (Å²) < 4.78 is 0. The van der Waals surface area contributed by atoms with E-state index in [9.17, 15) is 0 Å². The van der Waals surface area contributed by atoms with Crippen molar-refractivity contribution in [3.05, 3.63) is 23.4 Å². The van der Waals surface area contributed by atoms with Gasteiger partial charge in [-0.25, -0.2) is 4.99 Å². The highest BCUT2D eigenvalue weighted by Gasteiger charge is 2.19. The van der Waals surface area contributed by atoms with Gasteiger partial charge in [0.2, 0.25) is 0 Å². The normalized spacial score (nSPS) is 28.1. The highest BCUT2D eigenvalue weighted by molar-refractivity contribution is 5.98. The van der Waals surface area contributed by atoms with Gasteiger partial charge < -0.3 is 5.73 Å². The molecule has 0 radical (unpaired) electrons. The minimum Gasteiger partial charge on any atom is -0.383 e. The average molecular weight is 176 g/mol. The zero-order valence-electron chi connectivity index (χ0n) is 8.09. The third-order valence-electron chi connectivity index (χ3n) is 2.90. The van der Waals surface area contributed by atoms with Gasteiger partial charge in [-0.05, 0) is 37.2 Å². The number of allylic oxidation sites excluding steroid dienone is 2. The maximum absolute atomic E-state index is 5.88. The maximum Gasteiger partial charge on any atom is 0.126 e. The highest BCUT2D eigenvalue weighted by atomic mass is 14.8. The summed E-state index contributed by atoms with van der Waals surface area (Å²) >= 11 is 0. The monoisotopic (exact) mass is 176 g/mol. The molecule has 2 aliphatic rings. The van der Waals surface area contributed by atoms with Crippen LogP contribution in [-0.2, 0) is 0 Å². The SMILES string of the molecule is CC1CCC2=C(CC=CN=C2N)C1. The molecule has 0 aromatic rings. The van der Waals surface area contributed by atoms with Crippen LogP contribution in [0.1, 0.15) is 32.6 Å². The van der Waals surface area contributed by atoms with Crippen molar-refractivity contribution in [3.63, 3.8) is 0 Å². The van der Waals surface area contributed by atoms with Gasteiger partial charge in [-0.3, -0.25) is 0 Å². The smallest absolute Gasteiger partial charge is 0.126 e. The van der Waals surface area contributed by atoms with Crippen LogP contribution < -0.4 is 5.73 Å². The van der Waals surface area contributed by atoms with E-state index in [1.807, 2.05) is 6.20 Å². The van der Waals surface area contributed by atoms with E-state index in [2.05, 4.69) is 18.0 Å². The number of nitrogens with zero attached hydrogens (tertiary/aromatic N) is 1. The number of hydrogen-bond donors (Lipinski definition) is 1. The van der Waals surface area contributed by atoms with Crippen LogP contribution in [0.2, 0.25) is 0 Å². The molecule has 2 heteroatoms. The molecule has 1 atom stereocenters.